The van der Waals surface area contributed by atoms with E-state index < -0.39 is 0 Å². The Kier molecular flexibility index (Phi) is 7.68. The number of rotatable bonds is 9. The SMILES string of the molecule is CCCCN(CC(N)c1ccc(OC)c(F)c1)C(C)CC. The summed E-state index contributed by atoms with van der Waals surface area (Å²) < 4.78 is 18.7. The van der Waals surface area contributed by atoms with Crippen molar-refractivity contribution in [3.63, 3.8) is 0 Å². The molecule has 0 amide bonds. The van der Waals surface area contributed by atoms with Crippen LogP contribution in [0.2, 0.25) is 0 Å². The van der Waals surface area contributed by atoms with Gasteiger partial charge in [-0.1, -0.05) is 26.3 Å². The first kappa shape index (κ1) is 17.9. The number of methoxy groups -OCH3 is 1. The lowest BCUT2D eigenvalue weighted by molar-refractivity contribution is 0.189. The van der Waals surface area contributed by atoms with Crippen LogP contribution in [0.15, 0.2) is 18.2 Å². The second-order valence-corrected chi connectivity index (χ2v) is 5.61. The number of hydrogen-bond donors (Lipinski definition) is 1. The predicted octanol–water partition coefficient (Wildman–Crippen LogP) is 3.73. The van der Waals surface area contributed by atoms with Crippen LogP contribution in [0.25, 0.3) is 0 Å². The fourth-order valence-corrected chi connectivity index (χ4v) is 2.38. The van der Waals surface area contributed by atoms with Gasteiger partial charge in [0, 0.05) is 18.6 Å². The van der Waals surface area contributed by atoms with Crippen LogP contribution in [0.4, 0.5) is 4.39 Å². The quantitative estimate of drug-likeness (QED) is 0.754. The fourth-order valence-electron chi connectivity index (χ4n) is 2.38. The highest BCUT2D eigenvalue weighted by Crippen LogP contribution is 2.22. The Labute approximate surface area is 128 Å². The molecule has 0 saturated heterocycles. The van der Waals surface area contributed by atoms with E-state index in [1.807, 2.05) is 6.07 Å². The summed E-state index contributed by atoms with van der Waals surface area (Å²) in [5.41, 5.74) is 7.09. The summed E-state index contributed by atoms with van der Waals surface area (Å²) in [6.45, 7) is 8.38. The molecule has 2 N–H and O–H groups in total. The van der Waals surface area contributed by atoms with Crippen molar-refractivity contribution in [2.45, 2.75) is 52.1 Å². The van der Waals surface area contributed by atoms with Gasteiger partial charge >= 0.3 is 0 Å². The molecule has 0 aliphatic carbocycles. The number of halogens is 1. The van der Waals surface area contributed by atoms with Crippen molar-refractivity contribution in [3.05, 3.63) is 29.6 Å². The summed E-state index contributed by atoms with van der Waals surface area (Å²) in [4.78, 5) is 2.40. The van der Waals surface area contributed by atoms with Crippen molar-refractivity contribution in [2.24, 2.45) is 5.73 Å². The van der Waals surface area contributed by atoms with Crippen molar-refractivity contribution in [1.29, 1.82) is 0 Å². The summed E-state index contributed by atoms with van der Waals surface area (Å²) in [5, 5.41) is 0. The normalized spacial score (nSPS) is 14.2. The van der Waals surface area contributed by atoms with Crippen LogP contribution in [-0.4, -0.2) is 31.1 Å². The van der Waals surface area contributed by atoms with Crippen LogP contribution in [0.1, 0.15) is 51.6 Å². The van der Waals surface area contributed by atoms with Gasteiger partial charge in [-0.2, -0.15) is 0 Å². The average molecular weight is 296 g/mol. The predicted molar refractivity (Wildman–Crippen MR) is 86.1 cm³/mol. The summed E-state index contributed by atoms with van der Waals surface area (Å²) in [6.07, 6.45) is 3.42. The standard InChI is InChI=1S/C17H29FN2O/c1-5-7-10-20(13(3)6-2)12-16(19)14-8-9-17(21-4)15(18)11-14/h8-9,11,13,16H,5-7,10,12,19H2,1-4H3. The highest BCUT2D eigenvalue weighted by atomic mass is 19.1. The molecule has 3 nitrogen and oxygen atoms in total. The zero-order chi connectivity index (χ0) is 15.8. The van der Waals surface area contributed by atoms with Gasteiger partial charge in [0.1, 0.15) is 0 Å². The first-order chi connectivity index (χ1) is 10.0. The first-order valence-corrected chi connectivity index (χ1v) is 7.86. The van der Waals surface area contributed by atoms with Crippen LogP contribution < -0.4 is 10.5 Å². The van der Waals surface area contributed by atoms with E-state index in [-0.39, 0.29) is 17.6 Å². The Balaban J connectivity index is 2.75. The van der Waals surface area contributed by atoms with E-state index in [1.54, 1.807) is 6.07 Å². The Morgan fingerprint density at radius 3 is 2.57 bits per heavy atom. The lowest BCUT2D eigenvalue weighted by Gasteiger charge is -2.31. The Hall–Kier alpha value is -1.13. The van der Waals surface area contributed by atoms with Gasteiger partial charge in [0.25, 0.3) is 0 Å². The van der Waals surface area contributed by atoms with Crippen molar-refractivity contribution >= 4 is 0 Å². The average Bonchev–Trinajstić information content (AvgIpc) is 2.50. The van der Waals surface area contributed by atoms with Gasteiger partial charge < -0.3 is 10.5 Å². The molecule has 1 rings (SSSR count). The van der Waals surface area contributed by atoms with Gasteiger partial charge in [0.15, 0.2) is 11.6 Å². The first-order valence-electron chi connectivity index (χ1n) is 7.86. The van der Waals surface area contributed by atoms with Gasteiger partial charge in [-0.05, 0) is 44.0 Å². The Morgan fingerprint density at radius 2 is 2.05 bits per heavy atom. The van der Waals surface area contributed by atoms with E-state index in [9.17, 15) is 4.39 Å². The highest BCUT2D eigenvalue weighted by molar-refractivity contribution is 5.31. The number of hydrogen-bond acceptors (Lipinski definition) is 3. The van der Waals surface area contributed by atoms with Crippen LogP contribution in [0.3, 0.4) is 0 Å². The molecule has 21 heavy (non-hydrogen) atoms. The third kappa shape index (κ3) is 5.29. The monoisotopic (exact) mass is 296 g/mol. The molecule has 0 fully saturated rings. The molecular formula is C17H29FN2O. The molecule has 0 aliphatic rings. The van der Waals surface area contributed by atoms with Crippen molar-refractivity contribution in [1.82, 2.24) is 4.90 Å². The molecule has 0 aliphatic heterocycles. The second kappa shape index (κ2) is 9.00. The highest BCUT2D eigenvalue weighted by Gasteiger charge is 2.17. The van der Waals surface area contributed by atoms with E-state index >= 15 is 0 Å². The minimum atomic E-state index is -0.353. The Morgan fingerprint density at radius 1 is 1.33 bits per heavy atom. The van der Waals surface area contributed by atoms with Crippen LogP contribution in [-0.2, 0) is 0 Å². The molecule has 0 aromatic heterocycles. The zero-order valence-corrected chi connectivity index (χ0v) is 13.7. The van der Waals surface area contributed by atoms with Crippen molar-refractivity contribution in [3.8, 4) is 5.75 Å². The zero-order valence-electron chi connectivity index (χ0n) is 13.7. The lowest BCUT2D eigenvalue weighted by Crippen LogP contribution is -2.39. The van der Waals surface area contributed by atoms with E-state index in [4.69, 9.17) is 10.5 Å². The third-order valence-electron chi connectivity index (χ3n) is 4.05. The van der Waals surface area contributed by atoms with E-state index in [0.29, 0.717) is 6.04 Å². The van der Waals surface area contributed by atoms with Crippen LogP contribution in [0.5, 0.6) is 5.75 Å². The molecule has 120 valence electrons. The number of benzene rings is 1. The van der Waals surface area contributed by atoms with E-state index in [1.165, 1.54) is 19.6 Å². The van der Waals surface area contributed by atoms with Crippen molar-refractivity contribution in [2.75, 3.05) is 20.2 Å². The number of nitrogens with two attached hydrogens (primary N) is 1. The van der Waals surface area contributed by atoms with Gasteiger partial charge in [0.2, 0.25) is 0 Å². The van der Waals surface area contributed by atoms with Crippen LogP contribution in [0, 0.1) is 5.82 Å². The number of unbranched alkanes of at least 4 members (excludes halogenated alkanes) is 1. The van der Waals surface area contributed by atoms with Gasteiger partial charge in [-0.15, -0.1) is 0 Å². The number of nitrogens with zero attached hydrogens (tertiary/aromatic N) is 1. The summed E-state index contributed by atoms with van der Waals surface area (Å²) in [7, 11) is 1.47. The maximum absolute atomic E-state index is 13.8. The molecule has 0 bridgehead atoms. The molecule has 0 spiro atoms. The van der Waals surface area contributed by atoms with Gasteiger partial charge in [-0.3, -0.25) is 4.90 Å². The van der Waals surface area contributed by atoms with E-state index in [2.05, 4.69) is 25.7 Å². The molecule has 2 atom stereocenters. The molecular weight excluding hydrogens is 267 g/mol. The molecule has 2 unspecified atom stereocenters. The summed E-state index contributed by atoms with van der Waals surface area (Å²) in [6, 6.07) is 5.28. The number of ether oxygens (including phenoxy) is 1. The van der Waals surface area contributed by atoms with Gasteiger partial charge in [-0.25, -0.2) is 4.39 Å². The van der Waals surface area contributed by atoms with Gasteiger partial charge in [0.05, 0.1) is 7.11 Å². The molecule has 0 heterocycles. The summed E-state index contributed by atoms with van der Waals surface area (Å²) in [5.74, 6) is -0.0928. The lowest BCUT2D eigenvalue weighted by atomic mass is 10.0. The Bertz CT molecular complexity index is 425. The topological polar surface area (TPSA) is 38.5 Å². The smallest absolute Gasteiger partial charge is 0.165 e. The minimum absolute atomic E-state index is 0.184. The van der Waals surface area contributed by atoms with E-state index in [0.717, 1.165) is 31.5 Å². The third-order valence-corrected chi connectivity index (χ3v) is 4.05. The fraction of sp³-hybridized carbons (Fsp3) is 0.647. The molecule has 0 saturated carbocycles. The van der Waals surface area contributed by atoms with Crippen LogP contribution >= 0.6 is 0 Å². The maximum Gasteiger partial charge on any atom is 0.165 e. The largest absolute Gasteiger partial charge is 0.494 e. The summed E-state index contributed by atoms with van der Waals surface area (Å²) >= 11 is 0. The molecule has 1 aromatic rings. The van der Waals surface area contributed by atoms with Crippen molar-refractivity contribution < 1.29 is 9.13 Å². The second-order valence-electron chi connectivity index (χ2n) is 5.61. The molecule has 1 aromatic carbocycles. The maximum atomic E-state index is 13.8. The minimum Gasteiger partial charge on any atom is -0.494 e. The molecule has 4 heteroatoms. The molecule has 0 radical (unpaired) electrons.